The summed E-state index contributed by atoms with van der Waals surface area (Å²) < 4.78 is 0. The molecule has 90 valence electrons. The molecule has 0 spiro atoms. The maximum Gasteiger partial charge on any atom is 0.185 e. The molecule has 2 heterocycles. The van der Waals surface area contributed by atoms with Crippen molar-refractivity contribution in [1.29, 1.82) is 0 Å². The van der Waals surface area contributed by atoms with E-state index in [2.05, 4.69) is 21.7 Å². The Kier molecular flexibility index (Phi) is 4.15. The third kappa shape index (κ3) is 2.72. The topological polar surface area (TPSA) is 45.4 Å². The van der Waals surface area contributed by atoms with Gasteiger partial charge in [0.2, 0.25) is 0 Å². The number of hydrogen-bond donors (Lipinski definition) is 1. The number of anilines is 1. The quantitative estimate of drug-likeness (QED) is 0.853. The van der Waals surface area contributed by atoms with Crippen molar-refractivity contribution in [2.75, 3.05) is 37.6 Å². The largest absolute Gasteiger partial charge is 0.346 e. The lowest BCUT2D eigenvalue weighted by molar-refractivity contribution is 0.190. The van der Waals surface area contributed by atoms with E-state index in [4.69, 9.17) is 5.73 Å². The minimum absolute atomic E-state index is 0.614. The summed E-state index contributed by atoms with van der Waals surface area (Å²) in [5, 5.41) is 3.20. The number of rotatable bonds is 4. The Labute approximate surface area is 101 Å². The van der Waals surface area contributed by atoms with E-state index in [1.807, 2.05) is 11.6 Å². The fraction of sp³-hybridized carbons (Fsp3) is 0.727. The minimum Gasteiger partial charge on any atom is -0.346 e. The average Bonchev–Trinajstić information content (AvgIpc) is 2.83. The highest BCUT2D eigenvalue weighted by Gasteiger charge is 2.21. The SMILES string of the molecule is CC(CCN)N1CCN(c2nccs2)CC1. The zero-order valence-corrected chi connectivity index (χ0v) is 10.6. The Bertz CT molecular complexity index is 293. The average molecular weight is 240 g/mol. The number of hydrogen-bond acceptors (Lipinski definition) is 5. The standard InChI is InChI=1S/C11H20N4S/c1-10(2-3-12)14-5-7-15(8-6-14)11-13-4-9-16-11/h4,9-10H,2-3,5-8,12H2,1H3. The van der Waals surface area contributed by atoms with Crippen molar-refractivity contribution in [3.8, 4) is 0 Å². The van der Waals surface area contributed by atoms with Crippen molar-refractivity contribution in [2.45, 2.75) is 19.4 Å². The number of thiazole rings is 1. The molecule has 0 saturated carbocycles. The summed E-state index contributed by atoms with van der Waals surface area (Å²) in [6.07, 6.45) is 2.97. The van der Waals surface area contributed by atoms with Gasteiger partial charge in [-0.1, -0.05) is 0 Å². The van der Waals surface area contributed by atoms with Crippen molar-refractivity contribution in [3.05, 3.63) is 11.6 Å². The smallest absolute Gasteiger partial charge is 0.185 e. The van der Waals surface area contributed by atoms with Crippen LogP contribution in [-0.4, -0.2) is 48.6 Å². The highest BCUT2D eigenvalue weighted by atomic mass is 32.1. The van der Waals surface area contributed by atoms with Crippen LogP contribution < -0.4 is 10.6 Å². The summed E-state index contributed by atoms with van der Waals surface area (Å²) in [4.78, 5) is 9.25. The number of nitrogens with two attached hydrogens (primary N) is 1. The zero-order valence-electron chi connectivity index (χ0n) is 9.80. The van der Waals surface area contributed by atoms with Gasteiger partial charge in [0.15, 0.2) is 5.13 Å². The molecular weight excluding hydrogens is 220 g/mol. The predicted octanol–water partition coefficient (Wildman–Crippen LogP) is 1.00. The van der Waals surface area contributed by atoms with E-state index >= 15 is 0 Å². The molecule has 0 aliphatic carbocycles. The van der Waals surface area contributed by atoms with Crippen molar-refractivity contribution >= 4 is 16.5 Å². The first-order valence-electron chi connectivity index (χ1n) is 5.90. The molecule has 1 atom stereocenters. The first-order chi connectivity index (χ1) is 7.81. The first kappa shape index (κ1) is 11.8. The molecule has 0 aromatic carbocycles. The van der Waals surface area contributed by atoms with Gasteiger partial charge in [-0.25, -0.2) is 4.98 Å². The van der Waals surface area contributed by atoms with E-state index in [0.29, 0.717) is 6.04 Å². The second kappa shape index (κ2) is 5.61. The Morgan fingerprint density at radius 3 is 2.75 bits per heavy atom. The van der Waals surface area contributed by atoms with Crippen LogP contribution in [-0.2, 0) is 0 Å². The molecule has 2 rings (SSSR count). The van der Waals surface area contributed by atoms with E-state index in [9.17, 15) is 0 Å². The minimum atomic E-state index is 0.614. The Morgan fingerprint density at radius 2 is 2.19 bits per heavy atom. The number of aromatic nitrogens is 1. The van der Waals surface area contributed by atoms with Crippen LogP contribution in [0.3, 0.4) is 0 Å². The molecule has 1 aliphatic rings. The van der Waals surface area contributed by atoms with Gasteiger partial charge in [0, 0.05) is 43.8 Å². The van der Waals surface area contributed by atoms with Crippen LogP contribution >= 0.6 is 11.3 Å². The van der Waals surface area contributed by atoms with Gasteiger partial charge >= 0.3 is 0 Å². The van der Waals surface area contributed by atoms with Crippen LogP contribution in [0.25, 0.3) is 0 Å². The Balaban J connectivity index is 1.83. The molecule has 0 bridgehead atoms. The summed E-state index contributed by atoms with van der Waals surface area (Å²) in [5.74, 6) is 0. The van der Waals surface area contributed by atoms with E-state index in [1.165, 1.54) is 0 Å². The summed E-state index contributed by atoms with van der Waals surface area (Å²) in [7, 11) is 0. The molecule has 1 aliphatic heterocycles. The predicted molar refractivity (Wildman–Crippen MR) is 69.0 cm³/mol. The van der Waals surface area contributed by atoms with Gasteiger partial charge in [-0.2, -0.15) is 0 Å². The molecule has 4 nitrogen and oxygen atoms in total. The van der Waals surface area contributed by atoms with Crippen molar-refractivity contribution in [2.24, 2.45) is 5.73 Å². The monoisotopic (exact) mass is 240 g/mol. The highest BCUT2D eigenvalue weighted by Crippen LogP contribution is 2.19. The second-order valence-corrected chi connectivity index (χ2v) is 5.14. The fourth-order valence-electron chi connectivity index (χ4n) is 2.15. The third-order valence-electron chi connectivity index (χ3n) is 3.21. The molecule has 1 unspecified atom stereocenters. The molecule has 1 aromatic heterocycles. The van der Waals surface area contributed by atoms with Crippen molar-refractivity contribution in [3.63, 3.8) is 0 Å². The summed E-state index contributed by atoms with van der Waals surface area (Å²) in [5.41, 5.74) is 5.60. The lowest BCUT2D eigenvalue weighted by atomic mass is 10.2. The first-order valence-corrected chi connectivity index (χ1v) is 6.78. The summed E-state index contributed by atoms with van der Waals surface area (Å²) in [6, 6.07) is 0.614. The molecular formula is C11H20N4S. The van der Waals surface area contributed by atoms with Crippen LogP contribution in [0.15, 0.2) is 11.6 Å². The molecule has 1 saturated heterocycles. The van der Waals surface area contributed by atoms with Crippen LogP contribution in [0, 0.1) is 0 Å². The summed E-state index contributed by atoms with van der Waals surface area (Å²) >= 11 is 1.73. The summed E-state index contributed by atoms with van der Waals surface area (Å²) in [6.45, 7) is 7.48. The molecule has 16 heavy (non-hydrogen) atoms. The van der Waals surface area contributed by atoms with Crippen LogP contribution in [0.1, 0.15) is 13.3 Å². The van der Waals surface area contributed by atoms with Gasteiger partial charge in [-0.3, -0.25) is 4.90 Å². The highest BCUT2D eigenvalue weighted by molar-refractivity contribution is 7.13. The number of piperazine rings is 1. The van der Waals surface area contributed by atoms with Crippen LogP contribution in [0.4, 0.5) is 5.13 Å². The Hall–Kier alpha value is -0.650. The van der Waals surface area contributed by atoms with E-state index < -0.39 is 0 Å². The molecule has 0 amide bonds. The van der Waals surface area contributed by atoms with Crippen LogP contribution in [0.5, 0.6) is 0 Å². The van der Waals surface area contributed by atoms with Crippen LogP contribution in [0.2, 0.25) is 0 Å². The molecule has 2 N–H and O–H groups in total. The van der Waals surface area contributed by atoms with Crippen molar-refractivity contribution < 1.29 is 0 Å². The van der Waals surface area contributed by atoms with Gasteiger partial charge in [0.05, 0.1) is 0 Å². The van der Waals surface area contributed by atoms with Gasteiger partial charge in [0.25, 0.3) is 0 Å². The molecule has 0 radical (unpaired) electrons. The lowest BCUT2D eigenvalue weighted by Gasteiger charge is -2.37. The lowest BCUT2D eigenvalue weighted by Crippen LogP contribution is -2.50. The van der Waals surface area contributed by atoms with E-state index in [0.717, 1.165) is 44.3 Å². The van der Waals surface area contributed by atoms with E-state index in [1.54, 1.807) is 11.3 Å². The van der Waals surface area contributed by atoms with Gasteiger partial charge in [0.1, 0.15) is 0 Å². The maximum atomic E-state index is 5.60. The Morgan fingerprint density at radius 1 is 1.44 bits per heavy atom. The van der Waals surface area contributed by atoms with E-state index in [-0.39, 0.29) is 0 Å². The fourth-order valence-corrected chi connectivity index (χ4v) is 2.85. The zero-order chi connectivity index (χ0) is 11.4. The maximum absolute atomic E-state index is 5.60. The van der Waals surface area contributed by atoms with Gasteiger partial charge < -0.3 is 10.6 Å². The second-order valence-electron chi connectivity index (χ2n) is 4.26. The van der Waals surface area contributed by atoms with Crippen molar-refractivity contribution in [1.82, 2.24) is 9.88 Å². The molecule has 5 heteroatoms. The molecule has 1 aromatic rings. The molecule has 1 fully saturated rings. The van der Waals surface area contributed by atoms with Gasteiger partial charge in [-0.15, -0.1) is 11.3 Å². The van der Waals surface area contributed by atoms with Gasteiger partial charge in [-0.05, 0) is 19.9 Å². The third-order valence-corrected chi connectivity index (χ3v) is 4.04. The normalized spacial score (nSPS) is 20.0. The number of nitrogens with zero attached hydrogens (tertiary/aromatic N) is 3.